The summed E-state index contributed by atoms with van der Waals surface area (Å²) in [4.78, 5) is 12.2. The number of hydrogen-bond donors (Lipinski definition) is 2. The summed E-state index contributed by atoms with van der Waals surface area (Å²) in [7, 11) is 0. The number of hydrogen-bond acceptors (Lipinski definition) is 6. The Morgan fingerprint density at radius 1 is 1.39 bits per heavy atom. The van der Waals surface area contributed by atoms with Crippen LogP contribution in [0.3, 0.4) is 0 Å². The third kappa shape index (κ3) is 3.63. The van der Waals surface area contributed by atoms with Crippen molar-refractivity contribution in [3.63, 3.8) is 0 Å². The Bertz CT molecular complexity index is 898. The second kappa shape index (κ2) is 6.57. The minimum Gasteiger partial charge on any atom is -0.299 e. The highest BCUT2D eigenvalue weighted by Crippen LogP contribution is 2.20. The number of H-pyrrole nitrogens is 1. The van der Waals surface area contributed by atoms with Crippen molar-refractivity contribution < 1.29 is 4.79 Å². The molecule has 2 N–H and O–H groups in total. The van der Waals surface area contributed by atoms with Crippen LogP contribution in [0, 0.1) is 11.7 Å². The van der Waals surface area contributed by atoms with Crippen LogP contribution in [-0.2, 0) is 11.3 Å². The molecular formula is C13H11ClN6OS2. The predicted molar refractivity (Wildman–Crippen MR) is 91.1 cm³/mol. The Labute approximate surface area is 145 Å². The largest absolute Gasteiger partial charge is 0.299 e. The number of rotatable bonds is 4. The van der Waals surface area contributed by atoms with Crippen LogP contribution in [-0.4, -0.2) is 30.9 Å². The van der Waals surface area contributed by atoms with E-state index < -0.39 is 0 Å². The molecule has 0 saturated carbocycles. The maximum Gasteiger partial charge on any atom is 0.246 e. The van der Waals surface area contributed by atoms with Gasteiger partial charge in [-0.1, -0.05) is 22.9 Å². The summed E-state index contributed by atoms with van der Waals surface area (Å²) in [6.07, 6.45) is 0. The zero-order chi connectivity index (χ0) is 16.4. The normalized spacial score (nSPS) is 10.7. The van der Waals surface area contributed by atoms with E-state index in [1.165, 1.54) is 11.3 Å². The van der Waals surface area contributed by atoms with E-state index in [1.807, 2.05) is 19.1 Å². The van der Waals surface area contributed by atoms with E-state index in [0.29, 0.717) is 20.7 Å². The highest BCUT2D eigenvalue weighted by molar-refractivity contribution is 7.71. The summed E-state index contributed by atoms with van der Waals surface area (Å²) >= 11 is 12.4. The van der Waals surface area contributed by atoms with Gasteiger partial charge in [0.15, 0.2) is 10.6 Å². The third-order valence-electron chi connectivity index (χ3n) is 2.93. The molecule has 0 saturated heterocycles. The Morgan fingerprint density at radius 3 is 2.78 bits per heavy atom. The van der Waals surface area contributed by atoms with Gasteiger partial charge in [-0.2, -0.15) is 5.10 Å². The first-order valence-corrected chi connectivity index (χ1v) is 8.14. The molecular weight excluding hydrogens is 356 g/mol. The summed E-state index contributed by atoms with van der Waals surface area (Å²) in [5.41, 5.74) is 0.807. The summed E-state index contributed by atoms with van der Waals surface area (Å²) in [5, 5.41) is 19.1. The average molecular weight is 367 g/mol. The summed E-state index contributed by atoms with van der Waals surface area (Å²) in [5.74, 6) is 0.309. The maximum atomic E-state index is 12.2. The van der Waals surface area contributed by atoms with E-state index in [0.717, 1.165) is 10.6 Å². The van der Waals surface area contributed by atoms with Crippen LogP contribution in [0.5, 0.6) is 0 Å². The molecule has 0 unspecified atom stereocenters. The number of amides is 1. The van der Waals surface area contributed by atoms with Gasteiger partial charge < -0.3 is 0 Å². The van der Waals surface area contributed by atoms with Crippen LogP contribution in [0.25, 0.3) is 11.4 Å². The van der Waals surface area contributed by atoms with Gasteiger partial charge in [-0.15, -0.1) is 10.2 Å². The first-order valence-electron chi connectivity index (χ1n) is 6.54. The number of nitrogens with zero attached hydrogens (tertiary/aromatic N) is 4. The zero-order valence-electron chi connectivity index (χ0n) is 11.9. The molecule has 0 atom stereocenters. The third-order valence-corrected chi connectivity index (χ3v) is 4.25. The van der Waals surface area contributed by atoms with Crippen molar-refractivity contribution in [3.8, 4) is 11.4 Å². The number of aromatic nitrogens is 5. The molecule has 0 aliphatic heterocycles. The lowest BCUT2D eigenvalue weighted by Gasteiger charge is -2.06. The number of nitrogens with one attached hydrogen (secondary N) is 2. The molecule has 0 fully saturated rings. The molecule has 0 bridgehead atoms. The standard InChI is InChI=1S/C13H11ClN6OS2/c1-7-16-18-12(23-7)15-10(21)6-20-11(17-19-13(20)22)8-2-4-9(14)5-3-8/h2-5H,6H2,1H3,(H,19,22)(H,15,18,21). The molecule has 118 valence electrons. The number of anilines is 1. The van der Waals surface area contributed by atoms with E-state index in [4.69, 9.17) is 23.8 Å². The lowest BCUT2D eigenvalue weighted by atomic mass is 10.2. The first kappa shape index (κ1) is 15.8. The minimum atomic E-state index is -0.256. The van der Waals surface area contributed by atoms with Gasteiger partial charge in [-0.3, -0.25) is 19.8 Å². The van der Waals surface area contributed by atoms with Crippen LogP contribution >= 0.6 is 35.2 Å². The number of halogens is 1. The quantitative estimate of drug-likeness (QED) is 0.693. The monoisotopic (exact) mass is 366 g/mol. The van der Waals surface area contributed by atoms with Crippen LogP contribution < -0.4 is 5.32 Å². The molecule has 23 heavy (non-hydrogen) atoms. The van der Waals surface area contributed by atoms with E-state index in [1.54, 1.807) is 16.7 Å². The van der Waals surface area contributed by atoms with Gasteiger partial charge in [0.1, 0.15) is 11.6 Å². The Hall–Kier alpha value is -2.10. The highest BCUT2D eigenvalue weighted by atomic mass is 35.5. The van der Waals surface area contributed by atoms with Crippen LogP contribution in [0.1, 0.15) is 5.01 Å². The number of aryl methyl sites for hydroxylation is 1. The molecule has 7 nitrogen and oxygen atoms in total. The number of carbonyl (C=O) groups excluding carboxylic acids is 1. The fraction of sp³-hybridized carbons (Fsp3) is 0.154. The zero-order valence-corrected chi connectivity index (χ0v) is 14.3. The summed E-state index contributed by atoms with van der Waals surface area (Å²) < 4.78 is 1.97. The van der Waals surface area contributed by atoms with Crippen molar-refractivity contribution in [1.82, 2.24) is 25.0 Å². The van der Waals surface area contributed by atoms with Gasteiger partial charge in [0.25, 0.3) is 0 Å². The van der Waals surface area contributed by atoms with Crippen molar-refractivity contribution in [2.45, 2.75) is 13.5 Å². The fourth-order valence-electron chi connectivity index (χ4n) is 1.93. The molecule has 0 spiro atoms. The van der Waals surface area contributed by atoms with E-state index in [9.17, 15) is 4.79 Å². The lowest BCUT2D eigenvalue weighted by Crippen LogP contribution is -2.19. The van der Waals surface area contributed by atoms with Crippen molar-refractivity contribution in [1.29, 1.82) is 0 Å². The SMILES string of the molecule is Cc1nnc(NC(=O)Cn2c(-c3ccc(Cl)cc3)n[nH]c2=S)s1. The molecule has 0 aliphatic carbocycles. The van der Waals surface area contributed by atoms with Crippen LogP contribution in [0.4, 0.5) is 5.13 Å². The Kier molecular flexibility index (Phi) is 4.51. The van der Waals surface area contributed by atoms with Crippen molar-refractivity contribution in [3.05, 3.63) is 39.1 Å². The van der Waals surface area contributed by atoms with Crippen molar-refractivity contribution >= 4 is 46.2 Å². The second-order valence-corrected chi connectivity index (χ2v) is 6.62. The van der Waals surface area contributed by atoms with E-state index >= 15 is 0 Å². The topological polar surface area (TPSA) is 88.5 Å². The smallest absolute Gasteiger partial charge is 0.246 e. The number of aromatic amines is 1. The van der Waals surface area contributed by atoms with Gasteiger partial charge in [-0.25, -0.2) is 0 Å². The number of benzene rings is 1. The molecule has 1 amide bonds. The van der Waals surface area contributed by atoms with Crippen LogP contribution in [0.2, 0.25) is 5.02 Å². The Balaban J connectivity index is 1.82. The van der Waals surface area contributed by atoms with Gasteiger partial charge in [-0.05, 0) is 43.4 Å². The molecule has 3 aromatic rings. The second-order valence-electron chi connectivity index (χ2n) is 4.62. The average Bonchev–Trinajstić information content (AvgIpc) is 3.07. The maximum absolute atomic E-state index is 12.2. The molecule has 10 heteroatoms. The van der Waals surface area contributed by atoms with Crippen LogP contribution in [0.15, 0.2) is 24.3 Å². The minimum absolute atomic E-state index is 0.0198. The van der Waals surface area contributed by atoms with Crippen molar-refractivity contribution in [2.24, 2.45) is 0 Å². The molecule has 0 radical (unpaired) electrons. The number of carbonyl (C=O) groups is 1. The molecule has 0 aliphatic rings. The van der Waals surface area contributed by atoms with Gasteiger partial charge in [0.05, 0.1) is 0 Å². The molecule has 3 rings (SSSR count). The first-order chi connectivity index (χ1) is 11.0. The molecule has 1 aromatic carbocycles. The summed E-state index contributed by atoms with van der Waals surface area (Å²) in [6, 6.07) is 7.14. The van der Waals surface area contributed by atoms with Gasteiger partial charge in [0.2, 0.25) is 11.0 Å². The molecule has 2 heterocycles. The predicted octanol–water partition coefficient (Wildman–Crippen LogP) is 3.06. The Morgan fingerprint density at radius 2 is 2.13 bits per heavy atom. The lowest BCUT2D eigenvalue weighted by molar-refractivity contribution is -0.116. The summed E-state index contributed by atoms with van der Waals surface area (Å²) in [6.45, 7) is 1.84. The highest BCUT2D eigenvalue weighted by Gasteiger charge is 2.13. The fourth-order valence-corrected chi connectivity index (χ4v) is 2.86. The van der Waals surface area contributed by atoms with E-state index in [-0.39, 0.29) is 12.5 Å². The van der Waals surface area contributed by atoms with Crippen molar-refractivity contribution in [2.75, 3.05) is 5.32 Å². The van der Waals surface area contributed by atoms with E-state index in [2.05, 4.69) is 25.7 Å². The van der Waals surface area contributed by atoms with Gasteiger partial charge >= 0.3 is 0 Å². The molecule has 2 aromatic heterocycles. The van der Waals surface area contributed by atoms with Gasteiger partial charge in [0, 0.05) is 10.6 Å².